The van der Waals surface area contributed by atoms with E-state index in [1.54, 1.807) is 0 Å². The smallest absolute Gasteiger partial charge is 0.316 e. The van der Waals surface area contributed by atoms with E-state index in [9.17, 15) is 24.0 Å². The first-order valence-electron chi connectivity index (χ1n) is 6.95. The molecule has 0 amide bonds. The third kappa shape index (κ3) is 2.69. The van der Waals surface area contributed by atoms with Gasteiger partial charge in [0.2, 0.25) is 11.5 Å². The Morgan fingerprint density at radius 1 is 1.65 bits per heavy atom. The summed E-state index contributed by atoms with van der Waals surface area (Å²) in [6.45, 7) is -1.19. The number of aromatic nitrogens is 4. The number of fused-ring (bicyclic) bond motifs is 1. The minimum atomic E-state index is -3.55. The van der Waals surface area contributed by atoms with E-state index < -0.39 is 44.2 Å². The van der Waals surface area contributed by atoms with Gasteiger partial charge in [0.25, 0.3) is 11.4 Å². The first-order chi connectivity index (χ1) is 12.1. The topological polar surface area (TPSA) is 186 Å². The fourth-order valence-electron chi connectivity index (χ4n) is 2.61. The lowest BCUT2D eigenvalue weighted by atomic mass is 9.94. The highest BCUT2D eigenvalue weighted by atomic mass is 31.1. The predicted octanol–water partition coefficient (Wildman–Crippen LogP) is -1.98. The van der Waals surface area contributed by atoms with Gasteiger partial charge in [-0.3, -0.25) is 18.9 Å². The Morgan fingerprint density at radius 2 is 2.35 bits per heavy atom. The Kier molecular flexibility index (Phi) is 4.35. The molecule has 12 nitrogen and oxygen atoms in total. The van der Waals surface area contributed by atoms with E-state index in [1.165, 1.54) is 0 Å². The van der Waals surface area contributed by atoms with E-state index in [-0.39, 0.29) is 17.1 Å². The molecule has 0 aromatic carbocycles. The van der Waals surface area contributed by atoms with E-state index in [0.717, 1.165) is 10.9 Å². The maximum Gasteiger partial charge on any atom is 0.316 e. The Bertz CT molecular complexity index is 988. The van der Waals surface area contributed by atoms with Crippen LogP contribution in [0, 0.1) is 12.3 Å². The summed E-state index contributed by atoms with van der Waals surface area (Å²) in [5, 5.41) is 20.7. The molecule has 6 N–H and O–H groups in total. The van der Waals surface area contributed by atoms with Crippen LogP contribution in [0.25, 0.3) is 11.2 Å². The first-order valence-corrected chi connectivity index (χ1v) is 8.21. The lowest BCUT2D eigenvalue weighted by Gasteiger charge is -2.26. The van der Waals surface area contributed by atoms with Gasteiger partial charge in [0.05, 0.1) is 6.33 Å². The highest BCUT2D eigenvalue weighted by Gasteiger charge is 2.65. The summed E-state index contributed by atoms with van der Waals surface area (Å²) in [7, 11) is -3.55. The molecule has 140 valence electrons. The minimum Gasteiger partial charge on any atom is -0.383 e. The number of nitrogens with one attached hydrogen (secondary N) is 1. The average molecular weight is 389 g/mol. The molecule has 0 aliphatic carbocycles. The van der Waals surface area contributed by atoms with Crippen molar-refractivity contribution in [3.05, 3.63) is 16.7 Å². The van der Waals surface area contributed by atoms with Crippen molar-refractivity contribution in [1.82, 2.24) is 19.5 Å². The van der Waals surface area contributed by atoms with Gasteiger partial charge in [0, 0.05) is 0 Å². The summed E-state index contributed by atoms with van der Waals surface area (Å²) < 4.78 is 35.8. The second-order valence-corrected chi connectivity index (χ2v) is 6.28. The number of aliphatic hydroxyl groups excluding tert-OH is 1. The number of aromatic amines is 1. The van der Waals surface area contributed by atoms with Crippen molar-refractivity contribution in [1.29, 1.82) is 0 Å². The molecule has 26 heavy (non-hydrogen) atoms. The van der Waals surface area contributed by atoms with Crippen molar-refractivity contribution >= 4 is 25.4 Å². The number of ether oxygens (including phenoxy) is 1. The molecule has 5 atom stereocenters. The number of terminal acetylenes is 1. The summed E-state index contributed by atoms with van der Waals surface area (Å²) in [6, 6.07) is 0. The fraction of sp³-hybridized carbons (Fsp3) is 0.417. The van der Waals surface area contributed by atoms with Gasteiger partial charge < -0.3 is 30.1 Å². The van der Waals surface area contributed by atoms with E-state index in [1.807, 2.05) is 5.92 Å². The van der Waals surface area contributed by atoms with E-state index in [4.69, 9.17) is 21.8 Å². The zero-order valence-corrected chi connectivity index (χ0v) is 13.8. The maximum absolute atomic E-state index is 14.9. The summed E-state index contributed by atoms with van der Waals surface area (Å²) in [4.78, 5) is 30.3. The zero-order chi connectivity index (χ0) is 19.3. The molecule has 1 fully saturated rings. The van der Waals surface area contributed by atoms with E-state index in [0.29, 0.717) is 0 Å². The van der Waals surface area contributed by atoms with Crippen LogP contribution in [0.2, 0.25) is 0 Å². The Morgan fingerprint density at radius 3 is 2.96 bits per heavy atom. The number of nitrogens with two attached hydrogens (primary N) is 1. The quantitative estimate of drug-likeness (QED) is 0.290. The number of halogens is 1. The van der Waals surface area contributed by atoms with Gasteiger partial charge in [-0.25, -0.2) is 9.37 Å². The molecule has 1 saturated heterocycles. The first kappa shape index (κ1) is 18.5. The van der Waals surface area contributed by atoms with Crippen molar-refractivity contribution in [3.8, 4) is 12.3 Å². The SMILES string of the molecule is C#C[C@]1(O)C(n2cnc3c(=O)[nH]c(N)nc32)O[C@](F)(CO[PH](=O)O)[C@H]1O. The number of anilines is 1. The minimum absolute atomic E-state index is 0.196. The molecular formula is C12H13FN5O7P. The van der Waals surface area contributed by atoms with Crippen LogP contribution < -0.4 is 11.3 Å². The zero-order valence-electron chi connectivity index (χ0n) is 12.8. The molecule has 14 heteroatoms. The third-order valence-electron chi connectivity index (χ3n) is 3.84. The van der Waals surface area contributed by atoms with Crippen LogP contribution in [-0.2, 0) is 13.8 Å². The molecule has 0 bridgehead atoms. The van der Waals surface area contributed by atoms with Crippen LogP contribution in [0.5, 0.6) is 0 Å². The largest absolute Gasteiger partial charge is 0.383 e. The van der Waals surface area contributed by atoms with Crippen molar-refractivity contribution < 1.29 is 33.3 Å². The van der Waals surface area contributed by atoms with Crippen LogP contribution >= 0.6 is 8.25 Å². The summed E-state index contributed by atoms with van der Waals surface area (Å²) in [5.74, 6) is -1.59. The fourth-order valence-corrected chi connectivity index (χ4v) is 2.93. The number of nitrogens with zero attached hydrogens (tertiary/aromatic N) is 3. The van der Waals surface area contributed by atoms with Gasteiger partial charge in [-0.15, -0.1) is 6.42 Å². The van der Waals surface area contributed by atoms with E-state index >= 15 is 0 Å². The molecule has 3 rings (SSSR count). The monoisotopic (exact) mass is 389 g/mol. The van der Waals surface area contributed by atoms with Crippen molar-refractivity contribution in [2.75, 3.05) is 12.3 Å². The average Bonchev–Trinajstić information content (AvgIpc) is 3.07. The molecule has 3 heterocycles. The molecule has 0 radical (unpaired) electrons. The normalized spacial score (nSPS) is 32.6. The number of hydrogen-bond acceptors (Lipinski definition) is 9. The summed E-state index contributed by atoms with van der Waals surface area (Å²) in [6.07, 6.45) is 2.06. The van der Waals surface area contributed by atoms with Gasteiger partial charge in [-0.2, -0.15) is 4.98 Å². The lowest BCUT2D eigenvalue weighted by Crippen LogP contribution is -2.50. The second-order valence-electron chi connectivity index (χ2n) is 5.46. The van der Waals surface area contributed by atoms with Gasteiger partial charge in [0.1, 0.15) is 6.61 Å². The van der Waals surface area contributed by atoms with Gasteiger partial charge in [-0.05, 0) is 0 Å². The van der Waals surface area contributed by atoms with Crippen LogP contribution in [0.4, 0.5) is 10.3 Å². The number of imidazole rings is 1. The Hall–Kier alpha value is -2.33. The van der Waals surface area contributed by atoms with Gasteiger partial charge in [0.15, 0.2) is 23.5 Å². The Balaban J connectivity index is 2.11. The van der Waals surface area contributed by atoms with Crippen LogP contribution in [-0.4, -0.2) is 58.8 Å². The van der Waals surface area contributed by atoms with Crippen molar-refractivity contribution in [3.63, 3.8) is 0 Å². The highest BCUT2D eigenvalue weighted by molar-refractivity contribution is 7.32. The number of aliphatic hydroxyl groups is 2. The molecule has 0 spiro atoms. The predicted molar refractivity (Wildman–Crippen MR) is 83.5 cm³/mol. The molecule has 2 aromatic heterocycles. The number of rotatable bonds is 4. The summed E-state index contributed by atoms with van der Waals surface area (Å²) >= 11 is 0. The maximum atomic E-state index is 14.9. The molecule has 0 saturated carbocycles. The highest BCUT2D eigenvalue weighted by Crippen LogP contribution is 2.46. The van der Waals surface area contributed by atoms with E-state index in [2.05, 4.69) is 19.5 Å². The lowest BCUT2D eigenvalue weighted by molar-refractivity contribution is -0.202. The summed E-state index contributed by atoms with van der Waals surface area (Å²) in [5.41, 5.74) is 1.71. The molecule has 1 aliphatic rings. The number of H-pyrrole nitrogens is 1. The Labute approximate surface area is 144 Å². The number of alkyl halides is 1. The molecule has 1 aliphatic heterocycles. The number of nitrogen functional groups attached to an aromatic ring is 1. The second kappa shape index (κ2) is 6.13. The standard InChI is InChI=1S/C12H13FN5O7P/c1-2-11(21)8(20)12(13,3-24-26(22)23)25-9(11)18-4-15-5-6(18)16-10(14)17-7(5)19/h1,4,8-9,20-21,26H,3H2,(H,22,23)(H3,14,16,17,19)/t8-,9?,11+,12+/m0/s1. The van der Waals surface area contributed by atoms with Gasteiger partial charge in [-0.1, -0.05) is 5.92 Å². The van der Waals surface area contributed by atoms with Crippen LogP contribution in [0.3, 0.4) is 0 Å². The molecule has 2 unspecified atom stereocenters. The molecule has 2 aromatic rings. The van der Waals surface area contributed by atoms with Crippen LogP contribution in [0.1, 0.15) is 6.23 Å². The molecular weight excluding hydrogens is 376 g/mol. The van der Waals surface area contributed by atoms with Crippen LogP contribution in [0.15, 0.2) is 11.1 Å². The van der Waals surface area contributed by atoms with Crippen molar-refractivity contribution in [2.24, 2.45) is 0 Å². The third-order valence-corrected chi connectivity index (χ3v) is 4.23. The van der Waals surface area contributed by atoms with Crippen molar-refractivity contribution in [2.45, 2.75) is 23.8 Å². The number of hydrogen-bond donors (Lipinski definition) is 5. The van der Waals surface area contributed by atoms with Gasteiger partial charge >= 0.3 is 8.25 Å².